The molecule has 0 aromatic heterocycles. The number of halogens is 1. The van der Waals surface area contributed by atoms with E-state index in [2.05, 4.69) is 33.8 Å². The van der Waals surface area contributed by atoms with E-state index in [1.54, 1.807) is 7.05 Å². The van der Waals surface area contributed by atoms with Crippen LogP contribution in [0, 0.1) is 5.41 Å². The van der Waals surface area contributed by atoms with Crippen LogP contribution in [-0.4, -0.2) is 51.7 Å². The van der Waals surface area contributed by atoms with E-state index in [0.717, 1.165) is 31.0 Å². The maximum atomic E-state index is 12.1. The second-order valence-electron chi connectivity index (χ2n) is 6.94. The van der Waals surface area contributed by atoms with Crippen LogP contribution in [0.2, 0.25) is 0 Å². The Morgan fingerprint density at radius 2 is 1.96 bits per heavy atom. The number of sulfonamides is 1. The number of guanidine groups is 1. The van der Waals surface area contributed by atoms with E-state index in [4.69, 9.17) is 0 Å². The Bertz CT molecular complexity index is 662. The fraction of sp³-hybridized carbons (Fsp3) is 0.588. The Labute approximate surface area is 168 Å². The molecule has 1 saturated heterocycles. The van der Waals surface area contributed by atoms with E-state index < -0.39 is 10.0 Å². The second-order valence-corrected chi connectivity index (χ2v) is 8.86. The molecule has 0 atom stereocenters. The molecule has 2 N–H and O–H groups in total. The van der Waals surface area contributed by atoms with Gasteiger partial charge in [0.15, 0.2) is 5.96 Å². The van der Waals surface area contributed by atoms with Gasteiger partial charge in [0, 0.05) is 33.2 Å². The molecule has 0 radical (unpaired) electrons. The third kappa shape index (κ3) is 7.49. The van der Waals surface area contributed by atoms with Crippen LogP contribution in [0.15, 0.2) is 35.3 Å². The number of likely N-dealkylation sites (tertiary alicyclic amines) is 1. The molecule has 0 bridgehead atoms. The summed E-state index contributed by atoms with van der Waals surface area (Å²) in [4.78, 5) is 6.45. The summed E-state index contributed by atoms with van der Waals surface area (Å²) >= 11 is 0. The first-order valence-electron chi connectivity index (χ1n) is 8.28. The zero-order valence-electron chi connectivity index (χ0n) is 15.2. The smallest absolute Gasteiger partial charge is 0.213 e. The molecule has 25 heavy (non-hydrogen) atoms. The number of aliphatic imine (C=N–C) groups is 1. The predicted octanol–water partition coefficient (Wildman–Crippen LogP) is 2.03. The Hall–Kier alpha value is -0.870. The Kier molecular flexibility index (Phi) is 8.62. The van der Waals surface area contributed by atoms with Crippen LogP contribution in [0.1, 0.15) is 25.8 Å². The quantitative estimate of drug-likeness (QED) is 0.372. The largest absolute Gasteiger partial charge is 0.355 e. The number of benzene rings is 1. The molecule has 0 unspecified atom stereocenters. The van der Waals surface area contributed by atoms with E-state index in [-0.39, 0.29) is 35.1 Å². The van der Waals surface area contributed by atoms with Crippen molar-refractivity contribution < 1.29 is 8.42 Å². The summed E-state index contributed by atoms with van der Waals surface area (Å²) in [6.07, 6.45) is 1.12. The lowest BCUT2D eigenvalue weighted by atomic mass is 9.93. The molecule has 142 valence electrons. The Morgan fingerprint density at radius 1 is 1.28 bits per heavy atom. The fourth-order valence-electron chi connectivity index (χ4n) is 2.78. The number of nitrogens with one attached hydrogen (secondary N) is 2. The van der Waals surface area contributed by atoms with Crippen LogP contribution in [0.5, 0.6) is 0 Å². The minimum absolute atomic E-state index is 0. The second kappa shape index (κ2) is 9.72. The minimum Gasteiger partial charge on any atom is -0.355 e. The van der Waals surface area contributed by atoms with Gasteiger partial charge < -0.3 is 10.2 Å². The number of hydrogen-bond acceptors (Lipinski definition) is 3. The highest BCUT2D eigenvalue weighted by atomic mass is 127. The molecule has 1 aliphatic rings. The van der Waals surface area contributed by atoms with E-state index >= 15 is 0 Å². The third-order valence-corrected chi connectivity index (χ3v) is 5.51. The third-order valence-electron chi connectivity index (χ3n) is 4.18. The van der Waals surface area contributed by atoms with Crippen LogP contribution in [0.4, 0.5) is 0 Å². The molecule has 0 spiro atoms. The predicted molar refractivity (Wildman–Crippen MR) is 114 cm³/mol. The molecule has 2 rings (SSSR count). The van der Waals surface area contributed by atoms with Crippen LogP contribution in [-0.2, 0) is 16.6 Å². The standard InChI is InChI=1S/C17H28N4O2S.HI/c1-17(2)9-11-21(14-17)16(18-3)19-10-12-24(22,23)20-13-15-7-5-4-6-8-15;/h4-8,20H,9-14H2,1-3H3,(H,18,19);1H. The minimum atomic E-state index is -3.32. The summed E-state index contributed by atoms with van der Waals surface area (Å²) < 4.78 is 26.8. The van der Waals surface area contributed by atoms with Crippen LogP contribution < -0.4 is 10.0 Å². The first kappa shape index (κ1) is 22.2. The van der Waals surface area contributed by atoms with Crippen molar-refractivity contribution in [3.8, 4) is 0 Å². The lowest BCUT2D eigenvalue weighted by molar-refractivity contribution is 0.370. The lowest BCUT2D eigenvalue weighted by Gasteiger charge is -2.23. The first-order valence-corrected chi connectivity index (χ1v) is 9.93. The molecule has 0 saturated carbocycles. The van der Waals surface area contributed by atoms with E-state index in [1.165, 1.54) is 0 Å². The van der Waals surface area contributed by atoms with Gasteiger partial charge >= 0.3 is 0 Å². The molecular formula is C17H29IN4O2S. The van der Waals surface area contributed by atoms with Crippen molar-refractivity contribution in [3.63, 3.8) is 0 Å². The van der Waals surface area contributed by atoms with Crippen molar-refractivity contribution in [2.45, 2.75) is 26.8 Å². The summed E-state index contributed by atoms with van der Waals surface area (Å²) in [7, 11) is -1.58. The van der Waals surface area contributed by atoms with Gasteiger partial charge in [-0.3, -0.25) is 4.99 Å². The molecule has 6 nitrogen and oxygen atoms in total. The van der Waals surface area contributed by atoms with Crippen molar-refractivity contribution in [1.29, 1.82) is 0 Å². The summed E-state index contributed by atoms with van der Waals surface area (Å²) in [5.41, 5.74) is 1.23. The monoisotopic (exact) mass is 480 g/mol. The highest BCUT2D eigenvalue weighted by molar-refractivity contribution is 14.0. The molecule has 1 fully saturated rings. The average molecular weight is 480 g/mol. The maximum absolute atomic E-state index is 12.1. The molecule has 1 aromatic carbocycles. The van der Waals surface area contributed by atoms with Gasteiger partial charge in [0.25, 0.3) is 0 Å². The summed E-state index contributed by atoms with van der Waals surface area (Å²) in [6, 6.07) is 9.50. The maximum Gasteiger partial charge on any atom is 0.213 e. The molecule has 1 heterocycles. The molecule has 8 heteroatoms. The van der Waals surface area contributed by atoms with Crippen molar-refractivity contribution in [3.05, 3.63) is 35.9 Å². The normalized spacial score (nSPS) is 17.2. The summed E-state index contributed by atoms with van der Waals surface area (Å²) in [6.45, 7) is 7.01. The number of nitrogens with zero attached hydrogens (tertiary/aromatic N) is 2. The molecule has 1 aromatic rings. The molecule has 0 aliphatic carbocycles. The van der Waals surface area contributed by atoms with Crippen molar-refractivity contribution in [2.24, 2.45) is 10.4 Å². The van der Waals surface area contributed by atoms with Crippen molar-refractivity contribution in [2.75, 3.05) is 32.4 Å². The zero-order chi connectivity index (χ0) is 17.6. The van der Waals surface area contributed by atoms with Gasteiger partial charge in [-0.2, -0.15) is 0 Å². The van der Waals surface area contributed by atoms with Crippen LogP contribution in [0.3, 0.4) is 0 Å². The topological polar surface area (TPSA) is 73.8 Å². The van der Waals surface area contributed by atoms with E-state index in [1.807, 2.05) is 30.3 Å². The highest BCUT2D eigenvalue weighted by Crippen LogP contribution is 2.28. The average Bonchev–Trinajstić information content (AvgIpc) is 2.90. The van der Waals surface area contributed by atoms with Crippen LogP contribution in [0.25, 0.3) is 0 Å². The molecule has 0 amide bonds. The molecular weight excluding hydrogens is 451 g/mol. The Balaban J connectivity index is 0.00000312. The van der Waals surface area contributed by atoms with Gasteiger partial charge in [-0.05, 0) is 17.4 Å². The van der Waals surface area contributed by atoms with Gasteiger partial charge in [0.2, 0.25) is 10.0 Å². The van der Waals surface area contributed by atoms with E-state index in [9.17, 15) is 8.42 Å². The molecule has 1 aliphatic heterocycles. The first-order chi connectivity index (χ1) is 11.3. The number of hydrogen-bond donors (Lipinski definition) is 2. The van der Waals surface area contributed by atoms with Gasteiger partial charge in [0.05, 0.1) is 5.75 Å². The van der Waals surface area contributed by atoms with Crippen LogP contribution >= 0.6 is 24.0 Å². The van der Waals surface area contributed by atoms with Gasteiger partial charge in [-0.15, -0.1) is 24.0 Å². The number of rotatable bonds is 6. The lowest BCUT2D eigenvalue weighted by Crippen LogP contribution is -2.43. The van der Waals surface area contributed by atoms with Gasteiger partial charge in [0.1, 0.15) is 0 Å². The van der Waals surface area contributed by atoms with Gasteiger partial charge in [-0.25, -0.2) is 13.1 Å². The van der Waals surface area contributed by atoms with E-state index in [0.29, 0.717) is 13.1 Å². The summed E-state index contributed by atoms with van der Waals surface area (Å²) in [5.74, 6) is 0.801. The highest BCUT2D eigenvalue weighted by Gasteiger charge is 2.30. The fourth-order valence-corrected chi connectivity index (χ4v) is 3.69. The van der Waals surface area contributed by atoms with Gasteiger partial charge in [-0.1, -0.05) is 44.2 Å². The Morgan fingerprint density at radius 3 is 2.52 bits per heavy atom. The zero-order valence-corrected chi connectivity index (χ0v) is 18.3. The van der Waals surface area contributed by atoms with Crippen molar-refractivity contribution >= 4 is 40.0 Å². The van der Waals surface area contributed by atoms with Crippen molar-refractivity contribution in [1.82, 2.24) is 14.9 Å². The SMILES string of the molecule is CN=C(NCCS(=O)(=O)NCc1ccccc1)N1CCC(C)(C)C1.I. The summed E-state index contributed by atoms with van der Waals surface area (Å²) in [5, 5.41) is 3.16.